The Bertz CT molecular complexity index is 1180. The minimum atomic E-state index is -0.443. The van der Waals surface area contributed by atoms with Crippen LogP contribution in [0.2, 0.25) is 10.0 Å². The molecule has 31 heavy (non-hydrogen) atoms. The topological polar surface area (TPSA) is 69.3 Å². The lowest BCUT2D eigenvalue weighted by molar-refractivity contribution is 0.0992. The average molecular weight is 460 g/mol. The van der Waals surface area contributed by atoms with Crippen LogP contribution in [0.4, 0.5) is 10.1 Å². The number of aromatic nitrogens is 2. The van der Waals surface area contributed by atoms with Crippen molar-refractivity contribution in [1.29, 1.82) is 0 Å². The first-order valence-corrected chi connectivity index (χ1v) is 9.97. The van der Waals surface area contributed by atoms with Crippen LogP contribution in [0.25, 0.3) is 0 Å². The van der Waals surface area contributed by atoms with Gasteiger partial charge in [0.2, 0.25) is 0 Å². The van der Waals surface area contributed by atoms with E-state index in [-0.39, 0.29) is 18.9 Å². The Kier molecular flexibility index (Phi) is 6.25. The SMILES string of the molecule is O=C(Nc1cnn(Cc2c(F)cccc2Cl)c1)c1ccc(COc2ccc(Cl)cc2)o1. The van der Waals surface area contributed by atoms with Crippen LogP contribution in [0.15, 0.2) is 71.4 Å². The van der Waals surface area contributed by atoms with Crippen LogP contribution in [0, 0.1) is 5.82 Å². The van der Waals surface area contributed by atoms with E-state index in [1.807, 2.05) is 0 Å². The molecule has 0 bridgehead atoms. The summed E-state index contributed by atoms with van der Waals surface area (Å²) in [6, 6.07) is 14.6. The van der Waals surface area contributed by atoms with Crippen molar-refractivity contribution in [3.63, 3.8) is 0 Å². The molecule has 0 atom stereocenters. The second-order valence-electron chi connectivity index (χ2n) is 6.59. The fourth-order valence-corrected chi connectivity index (χ4v) is 3.16. The zero-order chi connectivity index (χ0) is 21.8. The molecule has 0 saturated heterocycles. The molecule has 0 fully saturated rings. The molecule has 0 saturated carbocycles. The molecule has 2 aromatic heterocycles. The maximum atomic E-state index is 13.9. The molecule has 9 heteroatoms. The van der Waals surface area contributed by atoms with E-state index in [0.717, 1.165) is 0 Å². The van der Waals surface area contributed by atoms with Crippen LogP contribution in [0.1, 0.15) is 21.9 Å². The number of rotatable bonds is 7. The number of furan rings is 1. The lowest BCUT2D eigenvalue weighted by Gasteiger charge is -2.05. The van der Waals surface area contributed by atoms with Crippen LogP contribution in [0.5, 0.6) is 5.75 Å². The smallest absolute Gasteiger partial charge is 0.291 e. The second-order valence-corrected chi connectivity index (χ2v) is 7.43. The number of hydrogen-bond acceptors (Lipinski definition) is 4. The first-order valence-electron chi connectivity index (χ1n) is 9.22. The maximum Gasteiger partial charge on any atom is 0.291 e. The van der Waals surface area contributed by atoms with Crippen LogP contribution in [0.3, 0.4) is 0 Å². The summed E-state index contributed by atoms with van der Waals surface area (Å²) in [4.78, 5) is 12.4. The molecule has 0 aliphatic rings. The standard InChI is InChI=1S/C22H16Cl2FN3O3/c23-14-4-6-16(7-5-14)30-13-17-8-9-21(31-17)22(29)27-15-10-26-28(11-15)12-18-19(24)2-1-3-20(18)25/h1-11H,12-13H2,(H,27,29). The summed E-state index contributed by atoms with van der Waals surface area (Å²) in [6.07, 6.45) is 3.04. The molecule has 158 valence electrons. The van der Waals surface area contributed by atoms with Gasteiger partial charge in [-0.05, 0) is 48.5 Å². The third-order valence-electron chi connectivity index (χ3n) is 4.35. The van der Waals surface area contributed by atoms with Crippen LogP contribution in [-0.4, -0.2) is 15.7 Å². The number of nitrogens with one attached hydrogen (secondary N) is 1. The highest BCUT2D eigenvalue weighted by atomic mass is 35.5. The average Bonchev–Trinajstić information content (AvgIpc) is 3.40. The van der Waals surface area contributed by atoms with Gasteiger partial charge in [0.05, 0.1) is 18.4 Å². The normalized spacial score (nSPS) is 10.8. The summed E-state index contributed by atoms with van der Waals surface area (Å²) in [6.45, 7) is 0.296. The first-order chi connectivity index (χ1) is 15.0. The summed E-state index contributed by atoms with van der Waals surface area (Å²) in [5.74, 6) is 0.387. The van der Waals surface area contributed by atoms with Gasteiger partial charge >= 0.3 is 0 Å². The zero-order valence-electron chi connectivity index (χ0n) is 16.0. The van der Waals surface area contributed by atoms with E-state index < -0.39 is 11.7 Å². The summed E-state index contributed by atoms with van der Waals surface area (Å²) >= 11 is 11.9. The van der Waals surface area contributed by atoms with Gasteiger partial charge in [-0.2, -0.15) is 5.10 Å². The Labute approximate surface area is 187 Å². The quantitative estimate of drug-likeness (QED) is 0.379. The first kappa shape index (κ1) is 21.0. The highest BCUT2D eigenvalue weighted by Crippen LogP contribution is 2.21. The van der Waals surface area contributed by atoms with E-state index in [2.05, 4.69) is 10.4 Å². The number of amides is 1. The number of ether oxygens (including phenoxy) is 1. The Hall–Kier alpha value is -3.29. The summed E-state index contributed by atoms with van der Waals surface area (Å²) in [5, 5.41) is 7.75. The van der Waals surface area contributed by atoms with Crippen LogP contribution in [-0.2, 0) is 13.2 Å². The highest BCUT2D eigenvalue weighted by Gasteiger charge is 2.14. The molecule has 1 N–H and O–H groups in total. The second kappa shape index (κ2) is 9.24. The van der Waals surface area contributed by atoms with Gasteiger partial charge in [-0.3, -0.25) is 9.48 Å². The Morgan fingerprint density at radius 2 is 1.94 bits per heavy atom. The fraction of sp³-hybridized carbons (Fsp3) is 0.0909. The molecule has 0 aliphatic heterocycles. The highest BCUT2D eigenvalue weighted by molar-refractivity contribution is 6.31. The van der Waals surface area contributed by atoms with Crippen LogP contribution >= 0.6 is 23.2 Å². The molecule has 2 aromatic carbocycles. The molecule has 0 spiro atoms. The van der Waals surface area contributed by atoms with E-state index in [1.54, 1.807) is 48.7 Å². The number of nitrogens with zero attached hydrogens (tertiary/aromatic N) is 2. The molecule has 1 amide bonds. The van der Waals surface area contributed by atoms with Crippen molar-refractivity contribution in [2.24, 2.45) is 0 Å². The van der Waals surface area contributed by atoms with Crippen LogP contribution < -0.4 is 10.1 Å². The Morgan fingerprint density at radius 1 is 1.13 bits per heavy atom. The predicted molar refractivity (Wildman–Crippen MR) is 115 cm³/mol. The minimum Gasteiger partial charge on any atom is -0.486 e. The molecule has 0 aliphatic carbocycles. The maximum absolute atomic E-state index is 13.9. The lowest BCUT2D eigenvalue weighted by atomic mass is 10.2. The minimum absolute atomic E-state index is 0.125. The number of anilines is 1. The van der Waals surface area contributed by atoms with E-state index >= 15 is 0 Å². The number of halogens is 3. The van der Waals surface area contributed by atoms with Gasteiger partial charge < -0.3 is 14.5 Å². The Morgan fingerprint density at radius 3 is 2.71 bits per heavy atom. The number of carbonyl (C=O) groups excluding carboxylic acids is 1. The van der Waals surface area contributed by atoms with Crippen molar-refractivity contribution in [2.75, 3.05) is 5.32 Å². The third-order valence-corrected chi connectivity index (χ3v) is 4.96. The fourth-order valence-electron chi connectivity index (χ4n) is 2.82. The zero-order valence-corrected chi connectivity index (χ0v) is 17.5. The van der Waals surface area contributed by atoms with Gasteiger partial charge in [-0.1, -0.05) is 29.3 Å². The van der Waals surface area contributed by atoms with Gasteiger partial charge in [0.15, 0.2) is 5.76 Å². The number of hydrogen-bond donors (Lipinski definition) is 1. The monoisotopic (exact) mass is 459 g/mol. The summed E-state index contributed by atoms with van der Waals surface area (Å²) < 4.78 is 26.6. The van der Waals surface area contributed by atoms with E-state index in [0.29, 0.717) is 32.8 Å². The molecule has 2 heterocycles. The van der Waals surface area contributed by atoms with E-state index in [1.165, 1.54) is 23.0 Å². The van der Waals surface area contributed by atoms with Gasteiger partial charge in [-0.25, -0.2) is 4.39 Å². The summed E-state index contributed by atoms with van der Waals surface area (Å²) in [5.41, 5.74) is 0.759. The number of carbonyl (C=O) groups is 1. The van der Waals surface area contributed by atoms with Crippen molar-refractivity contribution >= 4 is 34.8 Å². The van der Waals surface area contributed by atoms with Crippen molar-refractivity contribution in [3.05, 3.63) is 99.9 Å². The van der Waals surface area contributed by atoms with Crippen molar-refractivity contribution in [2.45, 2.75) is 13.2 Å². The molecule has 4 aromatic rings. The van der Waals surface area contributed by atoms with Gasteiger partial charge in [0.1, 0.15) is 23.9 Å². The van der Waals surface area contributed by atoms with E-state index in [4.69, 9.17) is 32.4 Å². The third kappa shape index (κ3) is 5.25. The predicted octanol–water partition coefficient (Wildman–Crippen LogP) is 5.80. The van der Waals surface area contributed by atoms with Gasteiger partial charge in [0.25, 0.3) is 5.91 Å². The lowest BCUT2D eigenvalue weighted by Crippen LogP contribution is -2.10. The molecule has 0 radical (unpaired) electrons. The van der Waals surface area contributed by atoms with E-state index in [9.17, 15) is 9.18 Å². The molecule has 0 unspecified atom stereocenters. The molecule has 4 rings (SSSR count). The molecular weight excluding hydrogens is 444 g/mol. The van der Waals surface area contributed by atoms with Crippen molar-refractivity contribution in [3.8, 4) is 5.75 Å². The number of benzene rings is 2. The largest absolute Gasteiger partial charge is 0.486 e. The Balaban J connectivity index is 1.35. The van der Waals surface area contributed by atoms with Crippen molar-refractivity contribution in [1.82, 2.24) is 9.78 Å². The molecule has 6 nitrogen and oxygen atoms in total. The summed E-state index contributed by atoms with van der Waals surface area (Å²) in [7, 11) is 0. The van der Waals surface area contributed by atoms with Gasteiger partial charge in [-0.15, -0.1) is 0 Å². The molecular formula is C22H16Cl2FN3O3. The van der Waals surface area contributed by atoms with Crippen molar-refractivity contribution < 1.29 is 18.3 Å². The van der Waals surface area contributed by atoms with Gasteiger partial charge in [0, 0.05) is 21.8 Å².